The average molecular weight is 178 g/mol. The van der Waals surface area contributed by atoms with Gasteiger partial charge < -0.3 is 31.9 Å². The third kappa shape index (κ3) is 1.33. The lowest BCUT2D eigenvalue weighted by atomic mass is 9.82. The molecule has 1 aliphatic carbocycles. The van der Waals surface area contributed by atoms with Gasteiger partial charge >= 0.3 is 0 Å². The van der Waals surface area contributed by atoms with E-state index in [-0.39, 0.29) is 0 Å². The van der Waals surface area contributed by atoms with E-state index in [2.05, 4.69) is 0 Å². The summed E-state index contributed by atoms with van der Waals surface area (Å²) >= 11 is 0. The Morgan fingerprint density at radius 2 is 0.917 bits per heavy atom. The topological polar surface area (TPSA) is 133 Å². The molecule has 1 saturated carbocycles. The van der Waals surface area contributed by atoms with Crippen molar-refractivity contribution < 1.29 is 20.4 Å². The molecular formula is C6H14N2O4. The van der Waals surface area contributed by atoms with Gasteiger partial charge in [0, 0.05) is 0 Å². The van der Waals surface area contributed by atoms with Gasteiger partial charge in [0.1, 0.15) is 18.3 Å². The van der Waals surface area contributed by atoms with Crippen LogP contribution in [0.5, 0.6) is 0 Å². The molecule has 0 bridgehead atoms. The predicted molar refractivity (Wildman–Crippen MR) is 40.0 cm³/mol. The standard InChI is InChI=1S/C6H14N2O4/c7-1-3(9)2(8)5(11)6(12)4(1)10/h1-6,9-12H,7-8H2/t1-,2-,3?,4-,5+,6?/m0/s1. The fourth-order valence-electron chi connectivity index (χ4n) is 1.32. The molecule has 2 unspecified atom stereocenters. The van der Waals surface area contributed by atoms with Crippen LogP contribution in [-0.2, 0) is 0 Å². The Hall–Kier alpha value is -0.240. The first kappa shape index (κ1) is 9.85. The van der Waals surface area contributed by atoms with Crippen LogP contribution in [0.2, 0.25) is 0 Å². The number of aliphatic hydroxyl groups is 4. The van der Waals surface area contributed by atoms with Gasteiger partial charge in [-0.2, -0.15) is 0 Å². The number of rotatable bonds is 0. The van der Waals surface area contributed by atoms with Crippen LogP contribution in [0.15, 0.2) is 0 Å². The van der Waals surface area contributed by atoms with Crippen molar-refractivity contribution in [3.05, 3.63) is 0 Å². The van der Waals surface area contributed by atoms with E-state index in [0.717, 1.165) is 0 Å². The number of hydrogen-bond donors (Lipinski definition) is 6. The third-order valence-corrected chi connectivity index (χ3v) is 2.28. The van der Waals surface area contributed by atoms with Crippen LogP contribution in [0.25, 0.3) is 0 Å². The molecule has 6 atom stereocenters. The van der Waals surface area contributed by atoms with Crippen molar-refractivity contribution in [3.8, 4) is 0 Å². The van der Waals surface area contributed by atoms with E-state index in [4.69, 9.17) is 26.8 Å². The molecule has 1 aliphatic rings. The van der Waals surface area contributed by atoms with Crippen molar-refractivity contribution in [2.45, 2.75) is 36.5 Å². The summed E-state index contributed by atoms with van der Waals surface area (Å²) in [7, 11) is 0. The molecule has 0 amide bonds. The van der Waals surface area contributed by atoms with E-state index in [0.29, 0.717) is 0 Å². The summed E-state index contributed by atoms with van der Waals surface area (Å²) in [5.74, 6) is 0. The molecule has 0 aromatic heterocycles. The molecule has 6 heteroatoms. The molecule has 0 heterocycles. The predicted octanol–water partition coefficient (Wildman–Crippen LogP) is -3.90. The highest BCUT2D eigenvalue weighted by molar-refractivity contribution is 5.02. The maximum absolute atomic E-state index is 9.22. The molecule has 1 rings (SSSR count). The van der Waals surface area contributed by atoms with Crippen molar-refractivity contribution in [1.82, 2.24) is 0 Å². The summed E-state index contributed by atoms with van der Waals surface area (Å²) in [4.78, 5) is 0. The maximum atomic E-state index is 9.22. The van der Waals surface area contributed by atoms with Gasteiger partial charge in [-0.3, -0.25) is 0 Å². The molecule has 72 valence electrons. The highest BCUT2D eigenvalue weighted by atomic mass is 16.4. The minimum absolute atomic E-state index is 1.02. The Morgan fingerprint density at radius 1 is 0.583 bits per heavy atom. The van der Waals surface area contributed by atoms with E-state index < -0.39 is 36.5 Å². The van der Waals surface area contributed by atoms with Crippen LogP contribution >= 0.6 is 0 Å². The Morgan fingerprint density at radius 3 is 1.25 bits per heavy atom. The smallest absolute Gasteiger partial charge is 0.109 e. The van der Waals surface area contributed by atoms with Gasteiger partial charge in [0.15, 0.2) is 0 Å². The first-order chi connectivity index (χ1) is 5.46. The van der Waals surface area contributed by atoms with Crippen LogP contribution in [0.1, 0.15) is 0 Å². The maximum Gasteiger partial charge on any atom is 0.109 e. The summed E-state index contributed by atoms with van der Waals surface area (Å²) < 4.78 is 0. The zero-order valence-electron chi connectivity index (χ0n) is 6.41. The van der Waals surface area contributed by atoms with Gasteiger partial charge in [0.25, 0.3) is 0 Å². The summed E-state index contributed by atoms with van der Waals surface area (Å²) in [6.45, 7) is 0. The molecule has 8 N–H and O–H groups in total. The number of aliphatic hydroxyl groups excluding tert-OH is 4. The normalized spacial score (nSPS) is 55.5. The highest BCUT2D eigenvalue weighted by Gasteiger charge is 2.45. The Balaban J connectivity index is 2.76. The highest BCUT2D eigenvalue weighted by Crippen LogP contribution is 2.18. The van der Waals surface area contributed by atoms with Crippen LogP contribution < -0.4 is 11.5 Å². The van der Waals surface area contributed by atoms with Crippen molar-refractivity contribution in [1.29, 1.82) is 0 Å². The van der Waals surface area contributed by atoms with Gasteiger partial charge in [-0.25, -0.2) is 0 Å². The van der Waals surface area contributed by atoms with Gasteiger partial charge in [0.05, 0.1) is 18.2 Å². The third-order valence-electron chi connectivity index (χ3n) is 2.28. The van der Waals surface area contributed by atoms with Crippen molar-refractivity contribution in [2.75, 3.05) is 0 Å². The lowest BCUT2D eigenvalue weighted by Gasteiger charge is -2.40. The molecule has 12 heavy (non-hydrogen) atoms. The Bertz CT molecular complexity index is 109. The van der Waals surface area contributed by atoms with Gasteiger partial charge in [-0.1, -0.05) is 0 Å². The number of hydrogen-bond acceptors (Lipinski definition) is 6. The van der Waals surface area contributed by atoms with E-state index in [1.165, 1.54) is 0 Å². The van der Waals surface area contributed by atoms with E-state index in [1.54, 1.807) is 0 Å². The second kappa shape index (κ2) is 3.25. The first-order valence-electron chi connectivity index (χ1n) is 3.70. The van der Waals surface area contributed by atoms with Crippen LogP contribution in [0, 0.1) is 0 Å². The monoisotopic (exact) mass is 178 g/mol. The zero-order chi connectivity index (χ0) is 9.46. The molecule has 0 aliphatic heterocycles. The van der Waals surface area contributed by atoms with E-state index >= 15 is 0 Å². The van der Waals surface area contributed by atoms with Crippen LogP contribution in [-0.4, -0.2) is 56.9 Å². The summed E-state index contributed by atoms with van der Waals surface area (Å²) in [5, 5.41) is 36.7. The SMILES string of the molecule is N[C@H]1C(O)[C@H](N)[C@@H](O)C(O)[C@H]1O. The molecule has 1 fully saturated rings. The first-order valence-corrected chi connectivity index (χ1v) is 3.70. The molecule has 6 nitrogen and oxygen atoms in total. The largest absolute Gasteiger partial charge is 0.390 e. The lowest BCUT2D eigenvalue weighted by Crippen LogP contribution is -2.69. The van der Waals surface area contributed by atoms with Crippen molar-refractivity contribution in [2.24, 2.45) is 11.5 Å². The van der Waals surface area contributed by atoms with Gasteiger partial charge in [0.2, 0.25) is 0 Å². The quantitative estimate of drug-likeness (QED) is 0.224. The number of nitrogens with two attached hydrogens (primary N) is 2. The Labute approximate surface area is 69.4 Å². The molecule has 0 aromatic rings. The minimum atomic E-state index is -1.39. The fourth-order valence-corrected chi connectivity index (χ4v) is 1.32. The summed E-state index contributed by atoms with van der Waals surface area (Å²) in [6, 6.07) is -2.03. The van der Waals surface area contributed by atoms with E-state index in [9.17, 15) is 5.11 Å². The summed E-state index contributed by atoms with van der Waals surface area (Å²) in [5.41, 5.74) is 10.6. The molecule has 0 radical (unpaired) electrons. The average Bonchev–Trinajstić information content (AvgIpc) is 2.08. The Kier molecular flexibility index (Phi) is 2.67. The van der Waals surface area contributed by atoms with Crippen LogP contribution in [0.4, 0.5) is 0 Å². The lowest BCUT2D eigenvalue weighted by molar-refractivity contribution is -0.137. The van der Waals surface area contributed by atoms with Gasteiger partial charge in [-0.05, 0) is 0 Å². The molecular weight excluding hydrogens is 164 g/mol. The second-order valence-electron chi connectivity index (χ2n) is 3.12. The minimum Gasteiger partial charge on any atom is -0.390 e. The van der Waals surface area contributed by atoms with Crippen LogP contribution in [0.3, 0.4) is 0 Å². The van der Waals surface area contributed by atoms with Crippen molar-refractivity contribution in [3.63, 3.8) is 0 Å². The molecule has 0 aromatic carbocycles. The second-order valence-corrected chi connectivity index (χ2v) is 3.12. The van der Waals surface area contributed by atoms with Gasteiger partial charge in [-0.15, -0.1) is 0 Å². The van der Waals surface area contributed by atoms with Crippen molar-refractivity contribution >= 4 is 0 Å². The molecule has 0 spiro atoms. The van der Waals surface area contributed by atoms with E-state index in [1.807, 2.05) is 0 Å². The fraction of sp³-hybridized carbons (Fsp3) is 1.00. The summed E-state index contributed by atoms with van der Waals surface area (Å²) in [6.07, 6.45) is -5.26. The molecule has 0 saturated heterocycles. The zero-order valence-corrected chi connectivity index (χ0v) is 6.41.